The number of nitrogens with one attached hydrogen (secondary N) is 1. The van der Waals surface area contributed by atoms with Gasteiger partial charge in [-0.05, 0) is 34.5 Å². The molecule has 1 aromatic heterocycles. The van der Waals surface area contributed by atoms with Crippen molar-refractivity contribution in [2.75, 3.05) is 13.7 Å². The maximum Gasteiger partial charge on any atom is 0.226 e. The zero-order valence-electron chi connectivity index (χ0n) is 16.0. The van der Waals surface area contributed by atoms with Crippen molar-refractivity contribution in [3.8, 4) is 11.5 Å². The average Bonchev–Trinajstić information content (AvgIpc) is 3.40. The Morgan fingerprint density at radius 3 is 3.03 bits per heavy atom. The van der Waals surface area contributed by atoms with Crippen molar-refractivity contribution >= 4 is 33.2 Å². The molecule has 0 spiro atoms. The Balaban J connectivity index is 1.40. The van der Waals surface area contributed by atoms with Crippen molar-refractivity contribution in [2.24, 2.45) is 4.99 Å². The highest BCUT2D eigenvalue weighted by Gasteiger charge is 2.32. The molecule has 146 valence electrons. The Labute approximate surface area is 172 Å². The van der Waals surface area contributed by atoms with Gasteiger partial charge in [-0.25, -0.2) is 0 Å². The highest BCUT2D eigenvalue weighted by atomic mass is 32.1. The van der Waals surface area contributed by atoms with Gasteiger partial charge >= 0.3 is 0 Å². The summed E-state index contributed by atoms with van der Waals surface area (Å²) in [6.07, 6.45) is 2.49. The van der Waals surface area contributed by atoms with Crippen molar-refractivity contribution in [1.29, 1.82) is 0 Å². The number of piperidine rings is 1. The fourth-order valence-electron chi connectivity index (χ4n) is 3.96. The van der Waals surface area contributed by atoms with Crippen LogP contribution in [0.3, 0.4) is 0 Å². The van der Waals surface area contributed by atoms with E-state index < -0.39 is 0 Å². The number of fused-ring (bicyclic) bond motifs is 2. The van der Waals surface area contributed by atoms with Crippen LogP contribution in [-0.2, 0) is 11.4 Å². The van der Waals surface area contributed by atoms with Crippen LogP contribution in [0.5, 0.6) is 11.5 Å². The van der Waals surface area contributed by atoms with Crippen LogP contribution in [0, 0.1) is 0 Å². The standard InChI is InChI=1S/C23H20N2O3S/c1-27-20-11-15(18-12-21(26)25-23-17(18)7-9-24-23)5-6-19(20)28-13-16-4-2-3-14-8-10-29-22(14)16/h2-8,10-11,18H,9,12-13H2,1H3,(H,24,25,26). The van der Waals surface area contributed by atoms with Crippen LogP contribution in [0.1, 0.15) is 23.5 Å². The molecule has 2 aliphatic rings. The third kappa shape index (κ3) is 3.29. The normalized spacial score (nSPS) is 18.1. The van der Waals surface area contributed by atoms with Gasteiger partial charge in [-0.1, -0.05) is 30.3 Å². The lowest BCUT2D eigenvalue weighted by Crippen LogP contribution is -2.38. The van der Waals surface area contributed by atoms with E-state index in [0.29, 0.717) is 36.9 Å². The summed E-state index contributed by atoms with van der Waals surface area (Å²) in [5.74, 6) is 2.06. The highest BCUT2D eigenvalue weighted by Crippen LogP contribution is 2.38. The number of hydrogen-bond donors (Lipinski definition) is 1. The van der Waals surface area contributed by atoms with Crippen molar-refractivity contribution in [1.82, 2.24) is 5.32 Å². The number of carbonyl (C=O) groups is 1. The van der Waals surface area contributed by atoms with Gasteiger partial charge in [0.05, 0.1) is 13.7 Å². The molecule has 1 fully saturated rings. The molecule has 1 amide bonds. The molecule has 1 atom stereocenters. The molecule has 1 unspecified atom stereocenters. The zero-order valence-corrected chi connectivity index (χ0v) is 16.8. The number of carbonyl (C=O) groups excluding carboxylic acids is 1. The first-order valence-electron chi connectivity index (χ1n) is 9.53. The molecule has 5 rings (SSSR count). The lowest BCUT2D eigenvalue weighted by Gasteiger charge is -2.26. The van der Waals surface area contributed by atoms with Gasteiger partial charge in [0, 0.05) is 28.2 Å². The van der Waals surface area contributed by atoms with Crippen molar-refractivity contribution in [2.45, 2.75) is 18.9 Å². The van der Waals surface area contributed by atoms with Crippen molar-refractivity contribution in [3.63, 3.8) is 0 Å². The van der Waals surface area contributed by atoms with Gasteiger partial charge in [0.2, 0.25) is 5.91 Å². The summed E-state index contributed by atoms with van der Waals surface area (Å²) < 4.78 is 13.0. The number of aliphatic imine (C=N–C) groups is 1. The molecule has 3 heterocycles. The minimum atomic E-state index is -0.00665. The third-order valence-electron chi connectivity index (χ3n) is 5.39. The van der Waals surface area contributed by atoms with E-state index in [1.807, 2.05) is 18.2 Å². The van der Waals surface area contributed by atoms with E-state index in [0.717, 1.165) is 16.7 Å². The number of ether oxygens (including phenoxy) is 2. The fraction of sp³-hybridized carbons (Fsp3) is 0.217. The molecule has 5 nitrogen and oxygen atoms in total. The van der Waals surface area contributed by atoms with Gasteiger partial charge < -0.3 is 14.8 Å². The summed E-state index contributed by atoms with van der Waals surface area (Å²) in [4.78, 5) is 16.4. The first-order valence-corrected chi connectivity index (χ1v) is 10.4. The monoisotopic (exact) mass is 404 g/mol. The lowest BCUT2D eigenvalue weighted by atomic mass is 9.85. The molecule has 0 bridgehead atoms. The summed E-state index contributed by atoms with van der Waals surface area (Å²) in [6.45, 7) is 1.09. The number of methoxy groups -OCH3 is 1. The first kappa shape index (κ1) is 17.9. The summed E-state index contributed by atoms with van der Waals surface area (Å²) in [5.41, 5.74) is 3.28. The molecular formula is C23H20N2O3S. The summed E-state index contributed by atoms with van der Waals surface area (Å²) in [7, 11) is 1.64. The third-order valence-corrected chi connectivity index (χ3v) is 6.40. The molecule has 0 radical (unpaired) electrons. The van der Waals surface area contributed by atoms with Gasteiger partial charge in [0.1, 0.15) is 12.4 Å². The van der Waals surface area contributed by atoms with Crippen LogP contribution in [0.15, 0.2) is 64.5 Å². The maximum absolute atomic E-state index is 12.1. The summed E-state index contributed by atoms with van der Waals surface area (Å²) in [5, 5.41) is 6.19. The molecule has 29 heavy (non-hydrogen) atoms. The van der Waals surface area contributed by atoms with Crippen LogP contribution in [0.2, 0.25) is 0 Å². The van der Waals surface area contributed by atoms with Crippen molar-refractivity contribution in [3.05, 3.63) is 70.6 Å². The van der Waals surface area contributed by atoms with Crippen LogP contribution in [0.25, 0.3) is 10.1 Å². The number of nitrogens with zero attached hydrogens (tertiary/aromatic N) is 1. The number of thiophene rings is 1. The van der Waals surface area contributed by atoms with Crippen LogP contribution >= 0.6 is 11.3 Å². The molecule has 0 saturated carbocycles. The number of benzene rings is 2. The minimum Gasteiger partial charge on any atom is -0.493 e. The topological polar surface area (TPSA) is 59.9 Å². The molecule has 2 aliphatic heterocycles. The Bertz CT molecular complexity index is 1160. The second-order valence-corrected chi connectivity index (χ2v) is 8.02. The Hall–Kier alpha value is -3.12. The van der Waals surface area contributed by atoms with Crippen LogP contribution in [0.4, 0.5) is 0 Å². The smallest absolute Gasteiger partial charge is 0.226 e. The van der Waals surface area contributed by atoms with Gasteiger partial charge in [-0.3, -0.25) is 9.79 Å². The molecule has 1 saturated heterocycles. The van der Waals surface area contributed by atoms with E-state index in [1.165, 1.54) is 10.1 Å². The van der Waals surface area contributed by atoms with E-state index in [2.05, 4.69) is 46.0 Å². The number of hydrogen-bond acceptors (Lipinski definition) is 5. The molecule has 1 N–H and O–H groups in total. The number of rotatable bonds is 5. The second kappa shape index (κ2) is 7.37. The van der Waals surface area contributed by atoms with E-state index >= 15 is 0 Å². The maximum atomic E-state index is 12.1. The molecule has 2 aromatic carbocycles. The molecule has 0 aliphatic carbocycles. The Morgan fingerprint density at radius 1 is 1.21 bits per heavy atom. The fourth-order valence-corrected chi connectivity index (χ4v) is 4.86. The van der Waals surface area contributed by atoms with Gasteiger partial charge in [0.25, 0.3) is 0 Å². The summed E-state index contributed by atoms with van der Waals surface area (Å²) in [6, 6.07) is 14.3. The van der Waals surface area contributed by atoms with Crippen LogP contribution in [-0.4, -0.2) is 25.4 Å². The predicted octanol–water partition coefficient (Wildman–Crippen LogP) is 4.43. The SMILES string of the molecule is COc1cc(C2CC(=O)NC3=NCC=C32)ccc1OCc1cccc2ccsc12. The number of amides is 1. The zero-order chi connectivity index (χ0) is 19.8. The Morgan fingerprint density at radius 2 is 2.14 bits per heavy atom. The highest BCUT2D eigenvalue weighted by molar-refractivity contribution is 7.17. The van der Waals surface area contributed by atoms with E-state index in [-0.39, 0.29) is 11.8 Å². The van der Waals surface area contributed by atoms with Gasteiger partial charge in [-0.2, -0.15) is 0 Å². The first-order chi connectivity index (χ1) is 14.2. The molecular weight excluding hydrogens is 384 g/mol. The quantitative estimate of drug-likeness (QED) is 0.684. The van der Waals surface area contributed by atoms with Gasteiger partial charge in [0.15, 0.2) is 11.5 Å². The van der Waals surface area contributed by atoms with Crippen LogP contribution < -0.4 is 14.8 Å². The van der Waals surface area contributed by atoms with E-state index in [1.54, 1.807) is 18.4 Å². The predicted molar refractivity (Wildman–Crippen MR) is 115 cm³/mol. The number of amidine groups is 1. The Kier molecular flexibility index (Phi) is 4.56. The largest absolute Gasteiger partial charge is 0.493 e. The molecule has 6 heteroatoms. The van der Waals surface area contributed by atoms with E-state index in [4.69, 9.17) is 9.47 Å². The second-order valence-electron chi connectivity index (χ2n) is 7.11. The lowest BCUT2D eigenvalue weighted by molar-refractivity contribution is -0.120. The van der Waals surface area contributed by atoms with Gasteiger partial charge in [-0.15, -0.1) is 11.3 Å². The van der Waals surface area contributed by atoms with E-state index in [9.17, 15) is 4.79 Å². The summed E-state index contributed by atoms with van der Waals surface area (Å²) >= 11 is 1.72. The minimum absolute atomic E-state index is 0.00358. The average molecular weight is 404 g/mol. The molecule has 3 aromatic rings. The van der Waals surface area contributed by atoms with Crippen molar-refractivity contribution < 1.29 is 14.3 Å².